The van der Waals surface area contributed by atoms with Crippen molar-refractivity contribution < 1.29 is 5.11 Å². The van der Waals surface area contributed by atoms with Crippen LogP contribution in [0.5, 0.6) is 0 Å². The fourth-order valence-corrected chi connectivity index (χ4v) is 2.62. The van der Waals surface area contributed by atoms with E-state index in [0.717, 1.165) is 13.0 Å². The van der Waals surface area contributed by atoms with Crippen LogP contribution < -0.4 is 5.32 Å². The summed E-state index contributed by atoms with van der Waals surface area (Å²) in [5.74, 6) is 0. The van der Waals surface area contributed by atoms with E-state index in [2.05, 4.69) is 43.4 Å². The number of aliphatic hydroxyl groups is 1. The van der Waals surface area contributed by atoms with Crippen molar-refractivity contribution in [1.29, 1.82) is 0 Å². The summed E-state index contributed by atoms with van der Waals surface area (Å²) in [6, 6.07) is 9.11. The van der Waals surface area contributed by atoms with Gasteiger partial charge in [-0.1, -0.05) is 32.9 Å². The molecule has 1 aromatic rings. The molecule has 0 aliphatic carbocycles. The van der Waals surface area contributed by atoms with Gasteiger partial charge >= 0.3 is 0 Å². The maximum absolute atomic E-state index is 9.02. The van der Waals surface area contributed by atoms with Gasteiger partial charge in [-0.15, -0.1) is 11.8 Å². The Hall–Kier alpha value is -0.510. The van der Waals surface area contributed by atoms with Crippen molar-refractivity contribution in [2.24, 2.45) is 0 Å². The summed E-state index contributed by atoms with van der Waals surface area (Å²) in [5.41, 5.74) is 1.34. The zero-order valence-electron chi connectivity index (χ0n) is 10.9. The van der Waals surface area contributed by atoms with Crippen molar-refractivity contribution in [2.75, 3.05) is 13.2 Å². The first-order valence-corrected chi connectivity index (χ1v) is 7.20. The van der Waals surface area contributed by atoms with E-state index in [0.29, 0.717) is 6.04 Å². The van der Waals surface area contributed by atoms with Gasteiger partial charge in [0, 0.05) is 16.2 Å². The fourth-order valence-electron chi connectivity index (χ4n) is 1.79. The number of aliphatic hydroxyl groups excluding tert-OH is 1. The highest BCUT2D eigenvalue weighted by atomic mass is 32.2. The summed E-state index contributed by atoms with van der Waals surface area (Å²) >= 11 is 1.71. The fraction of sp³-hybridized carbons (Fsp3) is 0.571. The Morgan fingerprint density at radius 2 is 1.88 bits per heavy atom. The molecule has 0 heterocycles. The van der Waals surface area contributed by atoms with Crippen LogP contribution in [-0.2, 0) is 0 Å². The molecule has 2 unspecified atom stereocenters. The highest BCUT2D eigenvalue weighted by Gasteiger charge is 2.08. The molecule has 96 valence electrons. The van der Waals surface area contributed by atoms with Crippen LogP contribution in [0.4, 0.5) is 0 Å². The predicted molar refractivity (Wildman–Crippen MR) is 75.6 cm³/mol. The third-order valence-corrected chi connectivity index (χ3v) is 3.83. The van der Waals surface area contributed by atoms with Crippen LogP contribution in [-0.4, -0.2) is 23.5 Å². The SMILES string of the molecule is CCNC(CC)c1ccc(SC(C)CO)cc1. The topological polar surface area (TPSA) is 32.3 Å². The van der Waals surface area contributed by atoms with Crippen LogP contribution in [0, 0.1) is 0 Å². The summed E-state index contributed by atoms with van der Waals surface area (Å²) in [4.78, 5) is 1.22. The van der Waals surface area contributed by atoms with E-state index in [4.69, 9.17) is 5.11 Å². The molecule has 0 saturated heterocycles. The average Bonchev–Trinajstić information content (AvgIpc) is 2.37. The van der Waals surface area contributed by atoms with Crippen LogP contribution in [0.15, 0.2) is 29.2 Å². The monoisotopic (exact) mass is 253 g/mol. The van der Waals surface area contributed by atoms with E-state index in [9.17, 15) is 0 Å². The molecule has 0 aliphatic heterocycles. The standard InChI is InChI=1S/C14H23NOS/c1-4-14(15-5-2)12-6-8-13(9-7-12)17-11(3)10-16/h6-9,11,14-16H,4-5,10H2,1-3H3. The van der Waals surface area contributed by atoms with Gasteiger partial charge in [0.05, 0.1) is 6.61 Å². The van der Waals surface area contributed by atoms with E-state index in [1.807, 2.05) is 6.92 Å². The molecule has 0 aromatic heterocycles. The number of rotatable bonds is 7. The first kappa shape index (κ1) is 14.6. The van der Waals surface area contributed by atoms with Crippen LogP contribution in [0.3, 0.4) is 0 Å². The van der Waals surface area contributed by atoms with Gasteiger partial charge in [-0.2, -0.15) is 0 Å². The lowest BCUT2D eigenvalue weighted by Gasteiger charge is -2.16. The molecule has 0 bridgehead atoms. The number of nitrogens with one attached hydrogen (secondary N) is 1. The van der Waals surface area contributed by atoms with Gasteiger partial charge in [0.25, 0.3) is 0 Å². The normalized spacial score (nSPS) is 14.6. The van der Waals surface area contributed by atoms with Crippen LogP contribution in [0.25, 0.3) is 0 Å². The largest absolute Gasteiger partial charge is 0.395 e. The maximum Gasteiger partial charge on any atom is 0.0550 e. The van der Waals surface area contributed by atoms with E-state index in [-0.39, 0.29) is 11.9 Å². The van der Waals surface area contributed by atoms with Crippen molar-refractivity contribution >= 4 is 11.8 Å². The Morgan fingerprint density at radius 3 is 2.35 bits per heavy atom. The van der Waals surface area contributed by atoms with Crippen molar-refractivity contribution in [3.05, 3.63) is 29.8 Å². The Kier molecular flexibility index (Phi) is 6.63. The zero-order chi connectivity index (χ0) is 12.7. The van der Waals surface area contributed by atoms with Crippen LogP contribution in [0.1, 0.15) is 38.8 Å². The molecule has 3 heteroatoms. The second kappa shape index (κ2) is 7.75. The minimum absolute atomic E-state index is 0.224. The summed E-state index contributed by atoms with van der Waals surface area (Å²) in [6.45, 7) is 7.59. The first-order chi connectivity index (χ1) is 8.21. The van der Waals surface area contributed by atoms with Gasteiger partial charge in [0.2, 0.25) is 0 Å². The van der Waals surface area contributed by atoms with Crippen molar-refractivity contribution in [3.8, 4) is 0 Å². The van der Waals surface area contributed by atoms with Gasteiger partial charge in [-0.05, 0) is 30.7 Å². The van der Waals surface area contributed by atoms with Crippen LogP contribution in [0.2, 0.25) is 0 Å². The molecule has 0 fully saturated rings. The highest BCUT2D eigenvalue weighted by molar-refractivity contribution is 8.00. The minimum Gasteiger partial charge on any atom is -0.395 e. The molecule has 2 nitrogen and oxygen atoms in total. The molecule has 0 spiro atoms. The van der Waals surface area contributed by atoms with Crippen molar-refractivity contribution in [2.45, 2.75) is 43.4 Å². The quantitative estimate of drug-likeness (QED) is 0.732. The summed E-state index contributed by atoms with van der Waals surface area (Å²) in [7, 11) is 0. The van der Waals surface area contributed by atoms with E-state index in [1.165, 1.54) is 10.5 Å². The van der Waals surface area contributed by atoms with E-state index >= 15 is 0 Å². The molecule has 1 rings (SSSR count). The number of hydrogen-bond acceptors (Lipinski definition) is 3. The Bertz CT molecular complexity index is 313. The summed E-state index contributed by atoms with van der Waals surface area (Å²) in [6.07, 6.45) is 1.10. The van der Waals surface area contributed by atoms with Crippen LogP contribution >= 0.6 is 11.8 Å². The molecule has 2 atom stereocenters. The smallest absolute Gasteiger partial charge is 0.0550 e. The molecular weight excluding hydrogens is 230 g/mol. The lowest BCUT2D eigenvalue weighted by atomic mass is 10.1. The molecule has 0 amide bonds. The second-order valence-electron chi connectivity index (χ2n) is 4.20. The molecular formula is C14H23NOS. The number of benzene rings is 1. The maximum atomic E-state index is 9.02. The predicted octanol–water partition coefficient (Wildman–Crippen LogP) is 3.22. The van der Waals surface area contributed by atoms with Crippen molar-refractivity contribution in [3.63, 3.8) is 0 Å². The lowest BCUT2D eigenvalue weighted by Crippen LogP contribution is -2.19. The van der Waals surface area contributed by atoms with Gasteiger partial charge in [-0.25, -0.2) is 0 Å². The summed E-state index contributed by atoms with van der Waals surface area (Å²) < 4.78 is 0. The van der Waals surface area contributed by atoms with Gasteiger partial charge < -0.3 is 10.4 Å². The highest BCUT2D eigenvalue weighted by Crippen LogP contribution is 2.25. The third-order valence-electron chi connectivity index (χ3n) is 2.74. The lowest BCUT2D eigenvalue weighted by molar-refractivity contribution is 0.300. The van der Waals surface area contributed by atoms with Gasteiger partial charge in [-0.3, -0.25) is 0 Å². The molecule has 0 radical (unpaired) electrons. The summed E-state index contributed by atoms with van der Waals surface area (Å²) in [5, 5.41) is 12.8. The number of hydrogen-bond donors (Lipinski definition) is 2. The molecule has 17 heavy (non-hydrogen) atoms. The molecule has 0 saturated carbocycles. The Morgan fingerprint density at radius 1 is 1.24 bits per heavy atom. The second-order valence-corrected chi connectivity index (χ2v) is 5.71. The number of thioether (sulfide) groups is 1. The van der Waals surface area contributed by atoms with E-state index < -0.39 is 0 Å². The molecule has 0 aliphatic rings. The zero-order valence-corrected chi connectivity index (χ0v) is 11.8. The Balaban J connectivity index is 2.66. The third kappa shape index (κ3) is 4.70. The van der Waals surface area contributed by atoms with Gasteiger partial charge in [0.1, 0.15) is 0 Å². The van der Waals surface area contributed by atoms with Crippen molar-refractivity contribution in [1.82, 2.24) is 5.32 Å². The minimum atomic E-state index is 0.224. The van der Waals surface area contributed by atoms with Gasteiger partial charge in [0.15, 0.2) is 0 Å². The average molecular weight is 253 g/mol. The first-order valence-electron chi connectivity index (χ1n) is 6.32. The molecule has 1 aromatic carbocycles. The van der Waals surface area contributed by atoms with E-state index in [1.54, 1.807) is 11.8 Å². The molecule has 2 N–H and O–H groups in total. The Labute approximate surface area is 109 Å².